The second-order valence-corrected chi connectivity index (χ2v) is 6.37. The van der Waals surface area contributed by atoms with Gasteiger partial charge in [0.25, 0.3) is 0 Å². The van der Waals surface area contributed by atoms with E-state index in [9.17, 15) is 0 Å². The van der Waals surface area contributed by atoms with Crippen LogP contribution in [0.25, 0.3) is 0 Å². The van der Waals surface area contributed by atoms with Gasteiger partial charge in [-0.1, -0.05) is 13.8 Å². The maximum absolute atomic E-state index is 5.71. The zero-order valence-corrected chi connectivity index (χ0v) is 14.1. The lowest BCUT2D eigenvalue weighted by Gasteiger charge is -2.39. The van der Waals surface area contributed by atoms with Crippen molar-refractivity contribution in [3.8, 4) is 0 Å². The molecule has 0 bridgehead atoms. The van der Waals surface area contributed by atoms with Crippen LogP contribution in [0, 0.1) is 19.8 Å². The molecular weight excluding hydrogens is 262 g/mol. The van der Waals surface area contributed by atoms with Gasteiger partial charge < -0.3 is 10.1 Å². The Balaban J connectivity index is 2.17. The fraction of sp³-hybridized carbons (Fsp3) is 0.765. The minimum absolute atomic E-state index is 0.219. The summed E-state index contributed by atoms with van der Waals surface area (Å²) in [5.41, 5.74) is 3.31. The highest BCUT2D eigenvalue weighted by molar-refractivity contribution is 5.27. The second-order valence-electron chi connectivity index (χ2n) is 6.37. The highest BCUT2D eigenvalue weighted by Crippen LogP contribution is 2.42. The highest BCUT2D eigenvalue weighted by atomic mass is 16.5. The fourth-order valence-corrected chi connectivity index (χ4v) is 3.07. The molecule has 0 aromatic carbocycles. The van der Waals surface area contributed by atoms with Crippen molar-refractivity contribution < 1.29 is 4.74 Å². The van der Waals surface area contributed by atoms with Crippen LogP contribution in [-0.4, -0.2) is 30.2 Å². The molecule has 1 heterocycles. The molecule has 0 radical (unpaired) electrons. The Hall–Kier alpha value is -1.00. The Labute approximate surface area is 128 Å². The molecule has 21 heavy (non-hydrogen) atoms. The van der Waals surface area contributed by atoms with Crippen LogP contribution in [0.2, 0.25) is 0 Å². The van der Waals surface area contributed by atoms with Crippen LogP contribution in [0.1, 0.15) is 55.9 Å². The average molecular weight is 291 g/mol. The second kappa shape index (κ2) is 6.84. The summed E-state index contributed by atoms with van der Waals surface area (Å²) >= 11 is 0. The van der Waals surface area contributed by atoms with E-state index in [-0.39, 0.29) is 5.60 Å². The molecule has 1 N–H and O–H groups in total. The van der Waals surface area contributed by atoms with Crippen molar-refractivity contribution in [2.75, 3.05) is 20.2 Å². The normalized spacial score (nSPS) is 18.3. The molecule has 1 aromatic rings. The summed E-state index contributed by atoms with van der Waals surface area (Å²) < 4.78 is 5.71. The molecule has 1 aliphatic carbocycles. The Morgan fingerprint density at radius 1 is 1.24 bits per heavy atom. The Kier molecular flexibility index (Phi) is 5.33. The van der Waals surface area contributed by atoms with Gasteiger partial charge in [-0.3, -0.25) is 0 Å². The average Bonchev–Trinajstić information content (AvgIpc) is 2.40. The van der Waals surface area contributed by atoms with Crippen molar-refractivity contribution in [3.05, 3.63) is 22.8 Å². The zero-order chi connectivity index (χ0) is 15.5. The van der Waals surface area contributed by atoms with Gasteiger partial charge in [0, 0.05) is 18.5 Å². The lowest BCUT2D eigenvalue weighted by atomic mass is 9.79. The molecular formula is C17H29N3O. The van der Waals surface area contributed by atoms with Crippen molar-refractivity contribution in [2.45, 2.75) is 59.0 Å². The van der Waals surface area contributed by atoms with Crippen LogP contribution in [0.5, 0.6) is 0 Å². The summed E-state index contributed by atoms with van der Waals surface area (Å²) in [6.45, 7) is 10.7. The van der Waals surface area contributed by atoms with Crippen LogP contribution in [0.3, 0.4) is 0 Å². The molecule has 1 saturated carbocycles. The molecule has 2 rings (SSSR count). The number of aryl methyl sites for hydroxylation is 2. The summed E-state index contributed by atoms with van der Waals surface area (Å²) in [7, 11) is 1.78. The van der Waals surface area contributed by atoms with Gasteiger partial charge in [-0.2, -0.15) is 0 Å². The molecule has 4 nitrogen and oxygen atoms in total. The first-order chi connectivity index (χ1) is 10.0. The number of nitrogens with one attached hydrogen (secondary N) is 1. The summed E-state index contributed by atoms with van der Waals surface area (Å²) in [5, 5.41) is 3.41. The molecule has 1 fully saturated rings. The maximum Gasteiger partial charge on any atom is 0.160 e. The number of aromatic nitrogens is 2. The molecule has 0 saturated heterocycles. The van der Waals surface area contributed by atoms with E-state index in [1.165, 1.54) is 12.0 Å². The fourth-order valence-electron chi connectivity index (χ4n) is 3.07. The summed E-state index contributed by atoms with van der Waals surface area (Å²) in [6, 6.07) is 0. The van der Waals surface area contributed by atoms with E-state index in [1.807, 2.05) is 0 Å². The van der Waals surface area contributed by atoms with E-state index in [0.29, 0.717) is 5.92 Å². The van der Waals surface area contributed by atoms with Crippen LogP contribution in [-0.2, 0) is 16.8 Å². The lowest BCUT2D eigenvalue weighted by Crippen LogP contribution is -2.38. The van der Waals surface area contributed by atoms with E-state index < -0.39 is 0 Å². The van der Waals surface area contributed by atoms with Crippen LogP contribution < -0.4 is 5.32 Å². The maximum atomic E-state index is 5.71. The molecule has 118 valence electrons. The van der Waals surface area contributed by atoms with Crippen LogP contribution in [0.15, 0.2) is 0 Å². The van der Waals surface area contributed by atoms with E-state index >= 15 is 0 Å². The topological polar surface area (TPSA) is 47.0 Å². The minimum Gasteiger partial charge on any atom is -0.370 e. The number of hydrogen-bond donors (Lipinski definition) is 1. The Morgan fingerprint density at radius 2 is 1.86 bits per heavy atom. The SMILES string of the molecule is CCNCC(C)Cc1c(C)nc(C2(OC)CCC2)nc1C. The first-order valence-electron chi connectivity index (χ1n) is 8.13. The molecule has 1 atom stereocenters. The van der Waals surface area contributed by atoms with Gasteiger partial charge in [0.1, 0.15) is 5.60 Å². The number of rotatable bonds is 7. The van der Waals surface area contributed by atoms with Gasteiger partial charge in [-0.25, -0.2) is 9.97 Å². The summed E-state index contributed by atoms with van der Waals surface area (Å²) in [5.74, 6) is 1.48. The lowest BCUT2D eigenvalue weighted by molar-refractivity contribution is -0.0849. The van der Waals surface area contributed by atoms with Crippen LogP contribution in [0.4, 0.5) is 0 Å². The van der Waals surface area contributed by atoms with Crippen LogP contribution >= 0.6 is 0 Å². The third kappa shape index (κ3) is 3.43. The number of nitrogens with zero attached hydrogens (tertiary/aromatic N) is 2. The molecule has 0 aliphatic heterocycles. The molecule has 1 aromatic heterocycles. The van der Waals surface area contributed by atoms with E-state index in [2.05, 4.69) is 33.0 Å². The third-order valence-corrected chi connectivity index (χ3v) is 4.68. The van der Waals surface area contributed by atoms with Crippen molar-refractivity contribution in [1.82, 2.24) is 15.3 Å². The first-order valence-corrected chi connectivity index (χ1v) is 8.13. The quantitative estimate of drug-likeness (QED) is 0.839. The van der Waals surface area contributed by atoms with Crippen molar-refractivity contribution in [2.24, 2.45) is 5.92 Å². The van der Waals surface area contributed by atoms with E-state index in [0.717, 1.165) is 49.6 Å². The molecule has 0 spiro atoms. The van der Waals surface area contributed by atoms with Gasteiger partial charge in [-0.15, -0.1) is 0 Å². The zero-order valence-electron chi connectivity index (χ0n) is 14.1. The predicted molar refractivity (Wildman–Crippen MR) is 85.5 cm³/mol. The first kappa shape index (κ1) is 16.4. The van der Waals surface area contributed by atoms with Crippen molar-refractivity contribution >= 4 is 0 Å². The number of ether oxygens (including phenoxy) is 1. The predicted octanol–water partition coefficient (Wildman–Crippen LogP) is 2.91. The van der Waals surface area contributed by atoms with Gasteiger partial charge in [0.2, 0.25) is 0 Å². The third-order valence-electron chi connectivity index (χ3n) is 4.68. The van der Waals surface area contributed by atoms with Gasteiger partial charge in [-0.05, 0) is 64.1 Å². The number of methoxy groups -OCH3 is 1. The molecule has 0 amide bonds. The van der Waals surface area contributed by atoms with Gasteiger partial charge in [0.05, 0.1) is 0 Å². The Bertz CT molecular complexity index is 454. The largest absolute Gasteiger partial charge is 0.370 e. The monoisotopic (exact) mass is 291 g/mol. The number of hydrogen-bond acceptors (Lipinski definition) is 4. The van der Waals surface area contributed by atoms with Crippen molar-refractivity contribution in [3.63, 3.8) is 0 Å². The van der Waals surface area contributed by atoms with Crippen molar-refractivity contribution in [1.29, 1.82) is 0 Å². The van der Waals surface area contributed by atoms with E-state index in [1.54, 1.807) is 7.11 Å². The highest BCUT2D eigenvalue weighted by Gasteiger charge is 2.42. The Morgan fingerprint density at radius 3 is 2.29 bits per heavy atom. The molecule has 1 unspecified atom stereocenters. The molecule has 1 aliphatic rings. The molecule has 4 heteroatoms. The summed E-state index contributed by atoms with van der Waals surface area (Å²) in [4.78, 5) is 9.55. The standard InChI is InChI=1S/C17H29N3O/c1-6-18-11-12(2)10-15-13(3)19-16(20-14(15)4)17(21-5)8-7-9-17/h12,18H,6-11H2,1-5H3. The minimum atomic E-state index is -0.219. The smallest absolute Gasteiger partial charge is 0.160 e. The van der Waals surface area contributed by atoms with Gasteiger partial charge >= 0.3 is 0 Å². The van der Waals surface area contributed by atoms with E-state index in [4.69, 9.17) is 14.7 Å². The van der Waals surface area contributed by atoms with Gasteiger partial charge in [0.15, 0.2) is 5.82 Å². The summed E-state index contributed by atoms with van der Waals surface area (Å²) in [6.07, 6.45) is 4.32.